The molecule has 1 rings (SSSR count). The van der Waals surface area contributed by atoms with Gasteiger partial charge in [0.2, 0.25) is 0 Å². The lowest BCUT2D eigenvalue weighted by molar-refractivity contribution is 0.0532. The van der Waals surface area contributed by atoms with E-state index in [1.807, 2.05) is 12.1 Å². The van der Waals surface area contributed by atoms with Crippen molar-refractivity contribution in [1.82, 2.24) is 5.32 Å². The lowest BCUT2D eigenvalue weighted by Crippen LogP contribution is -2.35. The average molecular weight is 283 g/mol. The summed E-state index contributed by atoms with van der Waals surface area (Å²) in [4.78, 5) is 0. The Morgan fingerprint density at radius 2 is 2.00 bits per heavy atom. The molecule has 5 heteroatoms. The van der Waals surface area contributed by atoms with Crippen molar-refractivity contribution in [3.63, 3.8) is 0 Å². The van der Waals surface area contributed by atoms with Crippen molar-refractivity contribution < 1.29 is 19.7 Å². The van der Waals surface area contributed by atoms with E-state index in [-0.39, 0.29) is 18.8 Å². The number of benzene rings is 1. The molecule has 0 amide bonds. The molecule has 0 aliphatic heterocycles. The smallest absolute Gasteiger partial charge is 0.124 e. The van der Waals surface area contributed by atoms with Crippen LogP contribution in [0, 0.1) is 0 Å². The van der Waals surface area contributed by atoms with Crippen molar-refractivity contribution in [1.29, 1.82) is 0 Å². The highest BCUT2D eigenvalue weighted by Gasteiger charge is 2.13. The van der Waals surface area contributed by atoms with E-state index in [1.165, 1.54) is 0 Å². The maximum absolute atomic E-state index is 9.35. The van der Waals surface area contributed by atoms with Gasteiger partial charge in [-0.05, 0) is 39.0 Å². The minimum atomic E-state index is -0.875. The van der Waals surface area contributed by atoms with Crippen LogP contribution >= 0.6 is 0 Å². The summed E-state index contributed by atoms with van der Waals surface area (Å²) in [5.41, 5.74) is 0.940. The normalized spacial score (nSPS) is 13.1. The number of methoxy groups -OCH3 is 1. The molecule has 0 aromatic heterocycles. The molecule has 0 aliphatic carbocycles. The van der Waals surface area contributed by atoms with E-state index >= 15 is 0 Å². The first-order valence-corrected chi connectivity index (χ1v) is 6.69. The standard InChI is InChI=1S/C15H25NO4/c1-15(2,3)16-8-11-7-13(19-4)5-6-14(11)20-10-12(18)9-17/h5-7,12,16-18H,8-10H2,1-4H3. The molecule has 20 heavy (non-hydrogen) atoms. The highest BCUT2D eigenvalue weighted by molar-refractivity contribution is 5.40. The van der Waals surface area contributed by atoms with Crippen LogP contribution < -0.4 is 14.8 Å². The molecule has 0 radical (unpaired) electrons. The monoisotopic (exact) mass is 283 g/mol. The second-order valence-electron chi connectivity index (χ2n) is 5.72. The van der Waals surface area contributed by atoms with E-state index in [4.69, 9.17) is 14.6 Å². The maximum atomic E-state index is 9.35. The first-order chi connectivity index (χ1) is 9.35. The fourth-order valence-corrected chi connectivity index (χ4v) is 1.56. The van der Waals surface area contributed by atoms with Crippen LogP contribution in [0.4, 0.5) is 0 Å². The first-order valence-electron chi connectivity index (χ1n) is 6.69. The largest absolute Gasteiger partial charge is 0.497 e. The lowest BCUT2D eigenvalue weighted by Gasteiger charge is -2.22. The van der Waals surface area contributed by atoms with E-state index in [9.17, 15) is 5.11 Å². The van der Waals surface area contributed by atoms with Gasteiger partial charge in [-0.25, -0.2) is 0 Å². The molecule has 0 bridgehead atoms. The molecular formula is C15H25NO4. The van der Waals surface area contributed by atoms with Crippen LogP contribution in [0.2, 0.25) is 0 Å². The molecule has 114 valence electrons. The number of aliphatic hydroxyl groups is 2. The average Bonchev–Trinajstić information content (AvgIpc) is 2.41. The van der Waals surface area contributed by atoms with Gasteiger partial charge in [0.1, 0.15) is 24.2 Å². The minimum Gasteiger partial charge on any atom is -0.497 e. The SMILES string of the molecule is COc1ccc(OCC(O)CO)c(CNC(C)(C)C)c1. The number of nitrogens with one attached hydrogen (secondary N) is 1. The highest BCUT2D eigenvalue weighted by Crippen LogP contribution is 2.25. The number of rotatable bonds is 7. The van der Waals surface area contributed by atoms with Crippen molar-refractivity contribution in [3.8, 4) is 11.5 Å². The van der Waals surface area contributed by atoms with Crippen LogP contribution in [0.1, 0.15) is 26.3 Å². The highest BCUT2D eigenvalue weighted by atomic mass is 16.5. The van der Waals surface area contributed by atoms with Gasteiger partial charge in [0.15, 0.2) is 0 Å². The molecule has 0 spiro atoms. The summed E-state index contributed by atoms with van der Waals surface area (Å²) in [5, 5.41) is 21.6. The predicted molar refractivity (Wildman–Crippen MR) is 78.2 cm³/mol. The first kappa shape index (κ1) is 16.8. The summed E-state index contributed by atoms with van der Waals surface area (Å²) in [7, 11) is 1.62. The molecule has 3 N–H and O–H groups in total. The summed E-state index contributed by atoms with van der Waals surface area (Å²) in [5.74, 6) is 1.43. The fraction of sp³-hybridized carbons (Fsp3) is 0.600. The third kappa shape index (κ3) is 5.77. The minimum absolute atomic E-state index is 0.00897. The van der Waals surface area contributed by atoms with Crippen molar-refractivity contribution in [3.05, 3.63) is 23.8 Å². The molecule has 1 aromatic carbocycles. The molecule has 1 atom stereocenters. The van der Waals surface area contributed by atoms with E-state index in [0.717, 1.165) is 11.3 Å². The molecule has 0 saturated carbocycles. The third-order valence-corrected chi connectivity index (χ3v) is 2.72. The second-order valence-corrected chi connectivity index (χ2v) is 5.72. The Morgan fingerprint density at radius 3 is 2.55 bits per heavy atom. The molecular weight excluding hydrogens is 258 g/mol. The van der Waals surface area contributed by atoms with Crippen LogP contribution in [-0.4, -0.2) is 42.2 Å². The zero-order valence-electron chi connectivity index (χ0n) is 12.6. The third-order valence-electron chi connectivity index (χ3n) is 2.72. The quantitative estimate of drug-likeness (QED) is 0.704. The van der Waals surface area contributed by atoms with Gasteiger partial charge in [-0.1, -0.05) is 0 Å². The molecule has 0 fully saturated rings. The molecule has 0 aliphatic rings. The summed E-state index contributed by atoms with van der Waals surface area (Å²) in [6, 6.07) is 5.52. The van der Waals surface area contributed by atoms with E-state index in [1.54, 1.807) is 13.2 Å². The lowest BCUT2D eigenvalue weighted by atomic mass is 10.1. The molecule has 5 nitrogen and oxygen atoms in total. The summed E-state index contributed by atoms with van der Waals surface area (Å²) < 4.78 is 10.8. The molecule has 1 unspecified atom stereocenters. The van der Waals surface area contributed by atoms with E-state index in [2.05, 4.69) is 26.1 Å². The second kappa shape index (κ2) is 7.47. The predicted octanol–water partition coefficient (Wildman–Crippen LogP) is 1.32. The van der Waals surface area contributed by atoms with Gasteiger partial charge in [-0.15, -0.1) is 0 Å². The number of aliphatic hydroxyl groups excluding tert-OH is 2. The van der Waals surface area contributed by atoms with Gasteiger partial charge in [0.05, 0.1) is 13.7 Å². The molecule has 1 aromatic rings. The van der Waals surface area contributed by atoms with Gasteiger partial charge in [0, 0.05) is 17.6 Å². The van der Waals surface area contributed by atoms with Crippen LogP contribution in [0.25, 0.3) is 0 Å². The van der Waals surface area contributed by atoms with Crippen molar-refractivity contribution in [2.45, 2.75) is 39.0 Å². The summed E-state index contributed by atoms with van der Waals surface area (Å²) in [6.45, 7) is 6.64. The Morgan fingerprint density at radius 1 is 1.30 bits per heavy atom. The topological polar surface area (TPSA) is 71.0 Å². The zero-order valence-corrected chi connectivity index (χ0v) is 12.6. The van der Waals surface area contributed by atoms with Crippen LogP contribution in [0.3, 0.4) is 0 Å². The van der Waals surface area contributed by atoms with E-state index in [0.29, 0.717) is 12.3 Å². The van der Waals surface area contributed by atoms with Gasteiger partial charge < -0.3 is 25.0 Å². The Labute approximate surface area is 120 Å². The molecule has 0 heterocycles. The van der Waals surface area contributed by atoms with Gasteiger partial charge >= 0.3 is 0 Å². The van der Waals surface area contributed by atoms with Crippen molar-refractivity contribution in [2.75, 3.05) is 20.3 Å². The van der Waals surface area contributed by atoms with Gasteiger partial charge in [-0.3, -0.25) is 0 Å². The fourth-order valence-electron chi connectivity index (χ4n) is 1.56. The number of hydrogen-bond acceptors (Lipinski definition) is 5. The van der Waals surface area contributed by atoms with Crippen molar-refractivity contribution in [2.24, 2.45) is 0 Å². The number of hydrogen-bond donors (Lipinski definition) is 3. The van der Waals surface area contributed by atoms with Crippen molar-refractivity contribution >= 4 is 0 Å². The summed E-state index contributed by atoms with van der Waals surface area (Å²) in [6.07, 6.45) is -0.875. The van der Waals surface area contributed by atoms with Crippen LogP contribution in [0.15, 0.2) is 18.2 Å². The zero-order chi connectivity index (χ0) is 15.2. The van der Waals surface area contributed by atoms with Crippen LogP contribution in [0.5, 0.6) is 11.5 Å². The number of ether oxygens (including phenoxy) is 2. The van der Waals surface area contributed by atoms with Gasteiger partial charge in [0.25, 0.3) is 0 Å². The molecule has 0 saturated heterocycles. The summed E-state index contributed by atoms with van der Waals surface area (Å²) >= 11 is 0. The Bertz CT molecular complexity index is 415. The Balaban J connectivity index is 2.80. The van der Waals surface area contributed by atoms with Gasteiger partial charge in [-0.2, -0.15) is 0 Å². The van der Waals surface area contributed by atoms with Crippen LogP contribution in [-0.2, 0) is 6.54 Å². The Kier molecular flexibility index (Phi) is 6.26. The van der Waals surface area contributed by atoms with E-state index < -0.39 is 6.10 Å². The maximum Gasteiger partial charge on any atom is 0.124 e. The Hall–Kier alpha value is -1.30.